The molecule has 1 amide bonds. The summed E-state index contributed by atoms with van der Waals surface area (Å²) in [4.78, 5) is 19.3. The number of nitrogens with zero attached hydrogens (tertiary/aromatic N) is 2. The Kier molecular flexibility index (Phi) is 5.18. The summed E-state index contributed by atoms with van der Waals surface area (Å²) < 4.78 is 1.02. The fourth-order valence-corrected chi connectivity index (χ4v) is 4.07. The Morgan fingerprint density at radius 3 is 2.69 bits per heavy atom. The molecule has 4 rings (SSSR count). The minimum absolute atomic E-state index is 0.00854. The van der Waals surface area contributed by atoms with Crippen LogP contribution in [0.15, 0.2) is 51.9 Å². The predicted molar refractivity (Wildman–Crippen MR) is 108 cm³/mol. The van der Waals surface area contributed by atoms with Crippen molar-refractivity contribution in [2.45, 2.75) is 31.8 Å². The molecule has 0 saturated carbocycles. The van der Waals surface area contributed by atoms with Gasteiger partial charge in [-0.05, 0) is 66.9 Å². The first kappa shape index (κ1) is 17.4. The van der Waals surface area contributed by atoms with Crippen LogP contribution in [0.2, 0.25) is 0 Å². The molecule has 1 saturated heterocycles. The van der Waals surface area contributed by atoms with Crippen molar-refractivity contribution in [2.24, 2.45) is 4.99 Å². The monoisotopic (exact) mass is 411 g/mol. The molecule has 1 N–H and O–H groups in total. The van der Waals surface area contributed by atoms with E-state index in [0.717, 1.165) is 27.8 Å². The minimum atomic E-state index is -0.337. The van der Waals surface area contributed by atoms with E-state index in [-0.39, 0.29) is 11.8 Å². The lowest BCUT2D eigenvalue weighted by Gasteiger charge is -2.23. The number of hydrogen-bond donors (Lipinski definition) is 1. The smallest absolute Gasteiger partial charge is 0.233 e. The number of carbonyl (C=O) groups excluding carboxylic acids is 1. The van der Waals surface area contributed by atoms with Gasteiger partial charge in [0.1, 0.15) is 0 Å². The van der Waals surface area contributed by atoms with Gasteiger partial charge >= 0.3 is 0 Å². The van der Waals surface area contributed by atoms with E-state index in [9.17, 15) is 4.79 Å². The zero-order valence-electron chi connectivity index (χ0n) is 14.6. The van der Waals surface area contributed by atoms with Crippen LogP contribution >= 0.6 is 15.9 Å². The van der Waals surface area contributed by atoms with E-state index in [0.29, 0.717) is 6.54 Å². The molecule has 1 unspecified atom stereocenters. The van der Waals surface area contributed by atoms with Gasteiger partial charge in [-0.1, -0.05) is 34.1 Å². The van der Waals surface area contributed by atoms with Gasteiger partial charge in [-0.2, -0.15) is 0 Å². The van der Waals surface area contributed by atoms with Crippen LogP contribution in [0.4, 0.5) is 5.69 Å². The summed E-state index contributed by atoms with van der Waals surface area (Å²) in [7, 11) is 0. The van der Waals surface area contributed by atoms with Gasteiger partial charge in [0.05, 0.1) is 11.6 Å². The quantitative estimate of drug-likeness (QED) is 0.767. The Bertz CT molecular complexity index is 826. The first-order valence-corrected chi connectivity index (χ1v) is 9.90. The first-order chi connectivity index (χ1) is 12.7. The Morgan fingerprint density at radius 2 is 1.92 bits per heavy atom. The van der Waals surface area contributed by atoms with Crippen molar-refractivity contribution >= 4 is 33.7 Å². The van der Waals surface area contributed by atoms with Gasteiger partial charge in [0, 0.05) is 23.8 Å². The molecule has 0 spiro atoms. The van der Waals surface area contributed by atoms with Gasteiger partial charge in [-0.15, -0.1) is 0 Å². The third-order valence-electron chi connectivity index (χ3n) is 5.09. The van der Waals surface area contributed by atoms with Crippen molar-refractivity contribution in [1.29, 1.82) is 0 Å². The number of hydrogen-bond acceptors (Lipinski definition) is 3. The Balaban J connectivity index is 1.48. The van der Waals surface area contributed by atoms with Crippen molar-refractivity contribution in [3.63, 3.8) is 0 Å². The molecule has 0 radical (unpaired) electrons. The number of aliphatic imine (C=N–C) groups is 1. The molecule has 0 aliphatic carbocycles. The Morgan fingerprint density at radius 1 is 1.15 bits per heavy atom. The highest BCUT2D eigenvalue weighted by Crippen LogP contribution is 2.27. The second kappa shape index (κ2) is 7.72. The Hall–Kier alpha value is -1.98. The zero-order chi connectivity index (χ0) is 17.9. The average Bonchev–Trinajstić information content (AvgIpc) is 3.15. The number of halogens is 1. The largest absolute Gasteiger partial charge is 0.351 e. The molecule has 2 aromatic rings. The topological polar surface area (TPSA) is 44.7 Å². The van der Waals surface area contributed by atoms with Gasteiger partial charge in [0.2, 0.25) is 5.91 Å². The normalized spacial score (nSPS) is 20.3. The summed E-state index contributed by atoms with van der Waals surface area (Å²) in [5.74, 6) is -0.328. The number of likely N-dealkylation sites (tertiary alicyclic amines) is 1. The maximum atomic E-state index is 12.3. The van der Waals surface area contributed by atoms with Crippen molar-refractivity contribution < 1.29 is 4.79 Å². The van der Waals surface area contributed by atoms with Crippen LogP contribution in [0.3, 0.4) is 0 Å². The molecule has 2 aliphatic rings. The summed E-state index contributed by atoms with van der Waals surface area (Å²) >= 11 is 3.49. The van der Waals surface area contributed by atoms with E-state index in [1.165, 1.54) is 31.5 Å². The third-order valence-corrected chi connectivity index (χ3v) is 5.58. The lowest BCUT2D eigenvalue weighted by molar-refractivity contribution is -0.121. The molecule has 4 nitrogen and oxygen atoms in total. The van der Waals surface area contributed by atoms with Crippen molar-refractivity contribution in [1.82, 2.24) is 10.2 Å². The van der Waals surface area contributed by atoms with Crippen LogP contribution in [0.5, 0.6) is 0 Å². The highest BCUT2D eigenvalue weighted by Gasteiger charge is 2.26. The predicted octanol–water partition coefficient (Wildman–Crippen LogP) is 4.16. The average molecular weight is 412 g/mol. The molecule has 26 heavy (non-hydrogen) atoms. The second-order valence-corrected chi connectivity index (χ2v) is 7.88. The van der Waals surface area contributed by atoms with E-state index in [1.54, 1.807) is 6.21 Å². The highest BCUT2D eigenvalue weighted by molar-refractivity contribution is 9.10. The molecular weight excluding hydrogens is 390 g/mol. The van der Waals surface area contributed by atoms with Crippen molar-refractivity contribution in [2.75, 3.05) is 13.1 Å². The van der Waals surface area contributed by atoms with E-state index in [4.69, 9.17) is 0 Å². The zero-order valence-corrected chi connectivity index (χ0v) is 16.2. The van der Waals surface area contributed by atoms with E-state index in [1.807, 2.05) is 24.3 Å². The maximum absolute atomic E-state index is 12.3. The molecule has 2 aromatic carbocycles. The van der Waals surface area contributed by atoms with Gasteiger partial charge in [-0.25, -0.2) is 0 Å². The SMILES string of the molecule is O=C1NCc2cc(Br)ccc2C1C=Nc1ccc(CN2CCCC2)cc1. The number of nitrogens with one attached hydrogen (secondary N) is 1. The fraction of sp³-hybridized carbons (Fsp3) is 0.333. The number of carbonyl (C=O) groups is 1. The standard InChI is InChI=1S/C21H22BrN3O/c22-17-5-8-19-16(11-17)12-24-21(26)20(19)13-23-18-6-3-15(4-7-18)14-25-9-1-2-10-25/h3-8,11,13,20H,1-2,9-10,12,14H2,(H,24,26). The fourth-order valence-electron chi connectivity index (χ4n) is 3.66. The maximum Gasteiger partial charge on any atom is 0.233 e. The summed E-state index contributed by atoms with van der Waals surface area (Å²) in [5, 5.41) is 2.94. The van der Waals surface area contributed by atoms with Crippen molar-refractivity contribution in [3.05, 3.63) is 63.6 Å². The van der Waals surface area contributed by atoms with E-state index < -0.39 is 0 Å². The molecule has 5 heteroatoms. The van der Waals surface area contributed by atoms with Crippen LogP contribution in [-0.2, 0) is 17.9 Å². The minimum Gasteiger partial charge on any atom is -0.351 e. The molecular formula is C21H22BrN3O. The van der Waals surface area contributed by atoms with Gasteiger partial charge < -0.3 is 5.32 Å². The number of amides is 1. The van der Waals surface area contributed by atoms with Crippen LogP contribution in [0.1, 0.15) is 35.4 Å². The molecule has 134 valence electrons. The van der Waals surface area contributed by atoms with Gasteiger partial charge in [-0.3, -0.25) is 14.7 Å². The van der Waals surface area contributed by atoms with Crippen LogP contribution in [-0.4, -0.2) is 30.1 Å². The second-order valence-electron chi connectivity index (χ2n) is 6.97. The number of rotatable bonds is 4. The lowest BCUT2D eigenvalue weighted by Crippen LogP contribution is -2.35. The molecule has 2 aliphatic heterocycles. The molecule has 1 atom stereocenters. The van der Waals surface area contributed by atoms with E-state index in [2.05, 4.69) is 49.3 Å². The summed E-state index contributed by atoms with van der Waals surface area (Å²) in [6, 6.07) is 14.4. The van der Waals surface area contributed by atoms with E-state index >= 15 is 0 Å². The van der Waals surface area contributed by atoms with Crippen molar-refractivity contribution in [3.8, 4) is 0 Å². The first-order valence-electron chi connectivity index (χ1n) is 9.10. The Labute approximate surface area is 162 Å². The van der Waals surface area contributed by atoms with Gasteiger partial charge in [0.25, 0.3) is 0 Å². The number of benzene rings is 2. The summed E-state index contributed by atoms with van der Waals surface area (Å²) in [6.45, 7) is 3.98. The van der Waals surface area contributed by atoms with Crippen LogP contribution < -0.4 is 5.32 Å². The highest BCUT2D eigenvalue weighted by atomic mass is 79.9. The molecule has 0 bridgehead atoms. The van der Waals surface area contributed by atoms with Gasteiger partial charge in [0.15, 0.2) is 0 Å². The van der Waals surface area contributed by atoms with Crippen LogP contribution in [0.25, 0.3) is 0 Å². The molecule has 2 heterocycles. The lowest BCUT2D eigenvalue weighted by atomic mass is 9.91. The molecule has 1 fully saturated rings. The van der Waals surface area contributed by atoms with Crippen LogP contribution in [0, 0.1) is 0 Å². The summed E-state index contributed by atoms with van der Waals surface area (Å²) in [5.41, 5.74) is 4.37. The molecule has 0 aromatic heterocycles. The number of fused-ring (bicyclic) bond motifs is 1. The summed E-state index contributed by atoms with van der Waals surface area (Å²) in [6.07, 6.45) is 4.38. The third kappa shape index (κ3) is 3.89.